The van der Waals surface area contributed by atoms with Gasteiger partial charge in [0.25, 0.3) is 0 Å². The standard InChI is InChI=1S/C24H29N3O5S2/c1-17(2)12-24(29)26-21(13-19-8-5-4-6-9-19)22(28)16-27(15-20-10-7-11-33-20)34(30,31)23-14-25-32-18(23)3/h4-12,14,21-22,28H,13,15-16H2,1-3H3,(H,26,29)/t21-,22+/m0/s1. The summed E-state index contributed by atoms with van der Waals surface area (Å²) in [6.45, 7) is 4.98. The molecule has 34 heavy (non-hydrogen) atoms. The molecule has 2 atom stereocenters. The lowest BCUT2D eigenvalue weighted by molar-refractivity contribution is -0.118. The third kappa shape index (κ3) is 6.86. The van der Waals surface area contributed by atoms with Crippen molar-refractivity contribution in [3.63, 3.8) is 0 Å². The molecule has 182 valence electrons. The molecule has 2 heterocycles. The predicted octanol–water partition coefficient (Wildman–Crippen LogP) is 3.29. The van der Waals surface area contributed by atoms with Gasteiger partial charge in [-0.2, -0.15) is 4.31 Å². The molecule has 0 aliphatic heterocycles. The van der Waals surface area contributed by atoms with E-state index in [-0.39, 0.29) is 29.7 Å². The van der Waals surface area contributed by atoms with Gasteiger partial charge in [-0.25, -0.2) is 8.42 Å². The average Bonchev–Trinajstić information content (AvgIpc) is 3.44. The Morgan fingerprint density at radius 1 is 1.24 bits per heavy atom. The van der Waals surface area contributed by atoms with Crippen LogP contribution < -0.4 is 5.32 Å². The lowest BCUT2D eigenvalue weighted by Crippen LogP contribution is -2.50. The number of hydrogen-bond acceptors (Lipinski definition) is 7. The number of aliphatic hydroxyl groups excluding tert-OH is 1. The minimum absolute atomic E-state index is 0.0514. The Bertz CT molecular complexity index is 1200. The van der Waals surface area contributed by atoms with Crippen molar-refractivity contribution in [2.75, 3.05) is 6.54 Å². The molecule has 1 aromatic carbocycles. The van der Waals surface area contributed by atoms with Crippen molar-refractivity contribution in [1.29, 1.82) is 0 Å². The lowest BCUT2D eigenvalue weighted by Gasteiger charge is -2.29. The fraction of sp³-hybridized carbons (Fsp3) is 0.333. The molecule has 8 nitrogen and oxygen atoms in total. The average molecular weight is 504 g/mol. The van der Waals surface area contributed by atoms with Gasteiger partial charge in [0.05, 0.1) is 18.3 Å². The number of amides is 1. The number of carbonyl (C=O) groups is 1. The van der Waals surface area contributed by atoms with E-state index in [4.69, 9.17) is 4.52 Å². The van der Waals surface area contributed by atoms with Crippen LogP contribution in [0.2, 0.25) is 0 Å². The van der Waals surface area contributed by atoms with Gasteiger partial charge in [-0.3, -0.25) is 4.79 Å². The molecule has 2 aromatic heterocycles. The second-order valence-corrected chi connectivity index (χ2v) is 11.2. The van der Waals surface area contributed by atoms with E-state index in [9.17, 15) is 18.3 Å². The summed E-state index contributed by atoms with van der Waals surface area (Å²) in [5.41, 5.74) is 1.72. The van der Waals surface area contributed by atoms with Crippen LogP contribution in [-0.2, 0) is 27.8 Å². The Morgan fingerprint density at radius 2 is 1.97 bits per heavy atom. The largest absolute Gasteiger partial charge is 0.390 e. The van der Waals surface area contributed by atoms with Crippen LogP contribution in [0.3, 0.4) is 0 Å². The van der Waals surface area contributed by atoms with Gasteiger partial charge in [0.15, 0.2) is 5.76 Å². The van der Waals surface area contributed by atoms with Gasteiger partial charge in [0, 0.05) is 24.0 Å². The summed E-state index contributed by atoms with van der Waals surface area (Å²) in [4.78, 5) is 13.2. The second-order valence-electron chi connectivity index (χ2n) is 8.22. The van der Waals surface area contributed by atoms with Crippen LogP contribution in [0.1, 0.15) is 30.0 Å². The van der Waals surface area contributed by atoms with Crippen LogP contribution in [0.15, 0.2) is 75.1 Å². The highest BCUT2D eigenvalue weighted by Gasteiger charge is 2.33. The Hall–Kier alpha value is -2.79. The van der Waals surface area contributed by atoms with Crippen LogP contribution >= 0.6 is 11.3 Å². The maximum atomic E-state index is 13.4. The zero-order valence-corrected chi connectivity index (χ0v) is 21.0. The molecule has 0 unspecified atom stereocenters. The highest BCUT2D eigenvalue weighted by molar-refractivity contribution is 7.89. The van der Waals surface area contributed by atoms with Crippen LogP contribution in [-0.4, -0.2) is 47.6 Å². The Balaban J connectivity index is 1.89. The van der Waals surface area contributed by atoms with Gasteiger partial charge in [0.1, 0.15) is 4.90 Å². The molecule has 0 bridgehead atoms. The molecule has 0 saturated carbocycles. The smallest absolute Gasteiger partial charge is 0.248 e. The highest BCUT2D eigenvalue weighted by Crippen LogP contribution is 2.24. The SMILES string of the molecule is CC(C)=CC(=O)N[C@@H](Cc1ccccc1)[C@H](O)CN(Cc1cccs1)S(=O)(=O)c1cnoc1C. The minimum atomic E-state index is -4.01. The van der Waals surface area contributed by atoms with Crippen LogP contribution in [0.4, 0.5) is 0 Å². The van der Waals surface area contributed by atoms with Gasteiger partial charge in [-0.05, 0) is 44.2 Å². The first kappa shape index (κ1) is 25.8. The number of nitrogens with one attached hydrogen (secondary N) is 1. The molecule has 0 radical (unpaired) electrons. The van der Waals surface area contributed by atoms with E-state index in [1.807, 2.05) is 47.8 Å². The number of aromatic nitrogens is 1. The molecule has 0 aliphatic rings. The Kier molecular flexibility index (Phi) is 8.78. The van der Waals surface area contributed by atoms with E-state index in [1.54, 1.807) is 13.8 Å². The van der Waals surface area contributed by atoms with Gasteiger partial charge >= 0.3 is 0 Å². The van der Waals surface area contributed by atoms with E-state index >= 15 is 0 Å². The molecule has 2 N–H and O–H groups in total. The number of thiophene rings is 1. The molecule has 0 spiro atoms. The molecular formula is C24H29N3O5S2. The molecule has 3 rings (SSSR count). The number of sulfonamides is 1. The van der Waals surface area contributed by atoms with Crippen molar-refractivity contribution in [3.05, 3.63) is 81.9 Å². The van der Waals surface area contributed by atoms with Crippen molar-refractivity contribution in [2.45, 2.75) is 50.8 Å². The molecule has 0 fully saturated rings. The highest BCUT2D eigenvalue weighted by atomic mass is 32.2. The summed E-state index contributed by atoms with van der Waals surface area (Å²) < 4.78 is 33.1. The molecule has 0 saturated heterocycles. The number of hydrogen-bond donors (Lipinski definition) is 2. The van der Waals surface area contributed by atoms with Crippen molar-refractivity contribution < 1.29 is 22.8 Å². The first-order valence-corrected chi connectivity index (χ1v) is 13.1. The van der Waals surface area contributed by atoms with Crippen molar-refractivity contribution in [2.24, 2.45) is 0 Å². The normalized spacial score (nSPS) is 13.4. The fourth-order valence-electron chi connectivity index (χ4n) is 3.47. The molecule has 0 aliphatic carbocycles. The summed E-state index contributed by atoms with van der Waals surface area (Å²) in [5, 5.41) is 19.5. The maximum Gasteiger partial charge on any atom is 0.248 e. The summed E-state index contributed by atoms with van der Waals surface area (Å²) in [6.07, 6.45) is 1.77. The maximum absolute atomic E-state index is 13.4. The first-order chi connectivity index (χ1) is 16.2. The fourth-order valence-corrected chi connectivity index (χ4v) is 5.79. The van der Waals surface area contributed by atoms with Gasteiger partial charge in [-0.15, -0.1) is 11.3 Å². The minimum Gasteiger partial charge on any atom is -0.390 e. The topological polar surface area (TPSA) is 113 Å². The van der Waals surface area contributed by atoms with Crippen molar-refractivity contribution in [3.8, 4) is 0 Å². The van der Waals surface area contributed by atoms with E-state index in [0.29, 0.717) is 6.42 Å². The summed E-state index contributed by atoms with van der Waals surface area (Å²) in [5.74, 6) is -0.175. The summed E-state index contributed by atoms with van der Waals surface area (Å²) in [7, 11) is -4.01. The Morgan fingerprint density at radius 3 is 2.56 bits per heavy atom. The zero-order valence-electron chi connectivity index (χ0n) is 19.3. The second kappa shape index (κ2) is 11.6. The molecular weight excluding hydrogens is 474 g/mol. The quantitative estimate of drug-likeness (QED) is 0.388. The van der Waals surface area contributed by atoms with E-state index < -0.39 is 22.2 Å². The summed E-state index contributed by atoms with van der Waals surface area (Å²) in [6, 6.07) is 12.4. The number of rotatable bonds is 11. The zero-order chi connectivity index (χ0) is 24.7. The third-order valence-electron chi connectivity index (χ3n) is 5.14. The number of aliphatic hydroxyl groups is 1. The first-order valence-electron chi connectivity index (χ1n) is 10.8. The van der Waals surface area contributed by atoms with Crippen LogP contribution in [0.25, 0.3) is 0 Å². The van der Waals surface area contributed by atoms with E-state index in [0.717, 1.165) is 22.2 Å². The summed E-state index contributed by atoms with van der Waals surface area (Å²) >= 11 is 1.42. The van der Waals surface area contributed by atoms with Gasteiger partial charge in [0.2, 0.25) is 15.9 Å². The molecule has 1 amide bonds. The van der Waals surface area contributed by atoms with Crippen molar-refractivity contribution >= 4 is 27.3 Å². The molecule has 10 heteroatoms. The number of carbonyl (C=O) groups excluding carboxylic acids is 1. The lowest BCUT2D eigenvalue weighted by atomic mass is 10.0. The predicted molar refractivity (Wildman–Crippen MR) is 131 cm³/mol. The number of aryl methyl sites for hydroxylation is 1. The van der Waals surface area contributed by atoms with Gasteiger partial charge in [-0.1, -0.05) is 47.1 Å². The number of allylic oxidation sites excluding steroid dienone is 1. The van der Waals surface area contributed by atoms with E-state index in [1.165, 1.54) is 28.6 Å². The van der Waals surface area contributed by atoms with E-state index in [2.05, 4.69) is 10.5 Å². The van der Waals surface area contributed by atoms with Gasteiger partial charge < -0.3 is 14.9 Å². The Labute approximate surface area is 204 Å². The third-order valence-corrected chi connectivity index (χ3v) is 7.91. The van der Waals surface area contributed by atoms with Crippen LogP contribution in [0, 0.1) is 6.92 Å². The molecule has 3 aromatic rings. The number of nitrogens with zero attached hydrogens (tertiary/aromatic N) is 2. The monoisotopic (exact) mass is 503 g/mol. The van der Waals surface area contributed by atoms with Crippen LogP contribution in [0.5, 0.6) is 0 Å². The number of benzene rings is 1. The van der Waals surface area contributed by atoms with Crippen molar-refractivity contribution in [1.82, 2.24) is 14.8 Å².